The molecule has 0 saturated heterocycles. The Hall–Kier alpha value is -3.61. The maximum Gasteiger partial charge on any atom is 0.311 e. The minimum Gasteiger partial charge on any atom is -0.427 e. The van der Waals surface area contributed by atoms with E-state index in [9.17, 15) is 14.4 Å². The van der Waals surface area contributed by atoms with E-state index < -0.39 is 17.9 Å². The molecule has 0 spiro atoms. The van der Waals surface area contributed by atoms with Crippen LogP contribution in [0.4, 0.5) is 0 Å². The second-order valence-electron chi connectivity index (χ2n) is 12.1. The molecule has 3 aromatic rings. The van der Waals surface area contributed by atoms with Crippen molar-refractivity contribution in [2.45, 2.75) is 90.6 Å². The lowest BCUT2D eigenvalue weighted by molar-refractivity contribution is -0.139. The average molecular weight is 558 g/mol. The predicted octanol–water partition coefficient (Wildman–Crippen LogP) is 5.51. The van der Waals surface area contributed by atoms with Gasteiger partial charge in [-0.25, -0.2) is 0 Å². The Morgan fingerprint density at radius 2 is 1.80 bits per heavy atom. The van der Waals surface area contributed by atoms with Crippen LogP contribution in [0.1, 0.15) is 75.5 Å². The number of rotatable bonds is 7. The molecule has 1 aromatic heterocycles. The van der Waals surface area contributed by atoms with E-state index in [-0.39, 0.29) is 24.2 Å². The first-order valence-electron chi connectivity index (χ1n) is 15.3. The first-order chi connectivity index (χ1) is 19.9. The van der Waals surface area contributed by atoms with Gasteiger partial charge in [0.2, 0.25) is 11.8 Å². The van der Waals surface area contributed by atoms with E-state index in [1.165, 1.54) is 11.1 Å². The van der Waals surface area contributed by atoms with Gasteiger partial charge in [0.15, 0.2) is 0 Å². The molecular weight excluding hydrogens is 514 g/mol. The zero-order valence-corrected chi connectivity index (χ0v) is 24.4. The third-order valence-corrected chi connectivity index (χ3v) is 8.39. The molecule has 0 saturated carbocycles. The topological polar surface area (TPSA) is 89.4 Å². The standard InChI is InChI=1S/C34H43N3O4/c1-23(2)18-26(21-32(38)41-28-15-14-24-10-9-11-25(24)19-28)33(39)36-30-20-27-22-37(31-13-6-5-12-29(27)31)17-8-4-3-7-16-35-34(30)40/h5-6,12-15,19,22-23,26,30H,3-4,7-11,16-18,20-21H2,1-2H3,(H,35,40)(H,36,39)/t26-,30?/m1/s1. The molecule has 2 bridgehead atoms. The Bertz CT molecular complexity index is 1390. The van der Waals surface area contributed by atoms with Crippen LogP contribution in [0.5, 0.6) is 5.75 Å². The monoisotopic (exact) mass is 557 g/mol. The van der Waals surface area contributed by atoms with E-state index in [1.807, 2.05) is 44.2 Å². The normalized spacial score (nSPS) is 18.5. The Kier molecular flexibility index (Phi) is 9.42. The van der Waals surface area contributed by atoms with Crippen molar-refractivity contribution in [3.8, 4) is 5.75 Å². The molecule has 1 aliphatic carbocycles. The number of fused-ring (bicyclic) bond motifs is 6. The van der Waals surface area contributed by atoms with Gasteiger partial charge in [0.25, 0.3) is 0 Å². The molecule has 41 heavy (non-hydrogen) atoms. The van der Waals surface area contributed by atoms with Gasteiger partial charge in [-0.2, -0.15) is 0 Å². The highest BCUT2D eigenvalue weighted by Crippen LogP contribution is 2.27. The largest absolute Gasteiger partial charge is 0.427 e. The number of amides is 2. The number of ether oxygens (including phenoxy) is 1. The van der Waals surface area contributed by atoms with Gasteiger partial charge in [-0.1, -0.05) is 51.0 Å². The molecule has 0 fully saturated rings. The molecule has 1 aliphatic heterocycles. The van der Waals surface area contributed by atoms with Gasteiger partial charge in [0, 0.05) is 42.5 Å². The van der Waals surface area contributed by atoms with Crippen molar-refractivity contribution in [1.82, 2.24) is 15.2 Å². The summed E-state index contributed by atoms with van der Waals surface area (Å²) in [6.45, 7) is 5.59. The van der Waals surface area contributed by atoms with Crippen molar-refractivity contribution < 1.29 is 19.1 Å². The fourth-order valence-electron chi connectivity index (χ4n) is 6.32. The van der Waals surface area contributed by atoms with Crippen LogP contribution in [0.15, 0.2) is 48.7 Å². The molecule has 7 heteroatoms. The molecule has 2 atom stereocenters. The van der Waals surface area contributed by atoms with Crippen LogP contribution in [0.2, 0.25) is 0 Å². The van der Waals surface area contributed by atoms with Crippen LogP contribution >= 0.6 is 0 Å². The van der Waals surface area contributed by atoms with Crippen LogP contribution in [-0.4, -0.2) is 34.9 Å². The number of para-hydroxylation sites is 1. The van der Waals surface area contributed by atoms with Gasteiger partial charge in [-0.3, -0.25) is 14.4 Å². The number of nitrogens with one attached hydrogen (secondary N) is 2. The number of hydrogen-bond donors (Lipinski definition) is 2. The summed E-state index contributed by atoms with van der Waals surface area (Å²) < 4.78 is 7.96. The minimum atomic E-state index is -0.732. The van der Waals surface area contributed by atoms with Gasteiger partial charge < -0.3 is 19.9 Å². The first-order valence-corrected chi connectivity index (χ1v) is 15.3. The maximum atomic E-state index is 13.7. The molecule has 2 aromatic carbocycles. The van der Waals surface area contributed by atoms with Crippen molar-refractivity contribution in [2.24, 2.45) is 11.8 Å². The summed E-state index contributed by atoms with van der Waals surface area (Å²) in [7, 11) is 0. The molecular formula is C34H43N3O4. The number of carbonyl (C=O) groups excluding carboxylic acids is 3. The lowest BCUT2D eigenvalue weighted by Crippen LogP contribution is -2.50. The van der Waals surface area contributed by atoms with E-state index in [2.05, 4.69) is 33.5 Å². The molecule has 2 amide bonds. The highest BCUT2D eigenvalue weighted by Gasteiger charge is 2.29. The number of benzene rings is 2. The van der Waals surface area contributed by atoms with E-state index >= 15 is 0 Å². The summed E-state index contributed by atoms with van der Waals surface area (Å²) in [5, 5.41) is 7.19. The maximum absolute atomic E-state index is 13.7. The van der Waals surface area contributed by atoms with Gasteiger partial charge >= 0.3 is 5.97 Å². The Labute approximate surface area is 243 Å². The van der Waals surface area contributed by atoms with Crippen LogP contribution in [0.25, 0.3) is 10.9 Å². The number of esters is 1. The number of carbonyl (C=O) groups is 3. The van der Waals surface area contributed by atoms with E-state index in [1.54, 1.807) is 0 Å². The van der Waals surface area contributed by atoms with Crippen molar-refractivity contribution in [1.29, 1.82) is 0 Å². The second-order valence-corrected chi connectivity index (χ2v) is 12.1. The number of aryl methyl sites for hydroxylation is 3. The summed E-state index contributed by atoms with van der Waals surface area (Å²) in [6.07, 6.45) is 10.4. The zero-order valence-electron chi connectivity index (χ0n) is 24.4. The fraction of sp³-hybridized carbons (Fsp3) is 0.500. The molecule has 0 radical (unpaired) electrons. The van der Waals surface area contributed by atoms with Crippen molar-refractivity contribution in [3.63, 3.8) is 0 Å². The lowest BCUT2D eigenvalue weighted by atomic mass is 9.92. The molecule has 2 heterocycles. The molecule has 2 N–H and O–H groups in total. The Morgan fingerprint density at radius 1 is 1.00 bits per heavy atom. The molecule has 1 unspecified atom stereocenters. The SMILES string of the molecule is CC(C)C[C@H](CC(=O)Oc1ccc2c(c1)CCC2)C(=O)NC1Cc2cn(c3ccccc23)CCCCCCNC1=O. The van der Waals surface area contributed by atoms with Gasteiger partial charge in [0.1, 0.15) is 11.8 Å². The van der Waals surface area contributed by atoms with Crippen molar-refractivity contribution in [2.75, 3.05) is 6.54 Å². The minimum absolute atomic E-state index is 0.0330. The van der Waals surface area contributed by atoms with Crippen molar-refractivity contribution in [3.05, 3.63) is 65.4 Å². The average Bonchev–Trinajstić information content (AvgIpc) is 3.55. The van der Waals surface area contributed by atoms with Crippen LogP contribution in [0.3, 0.4) is 0 Å². The van der Waals surface area contributed by atoms with Gasteiger partial charge in [-0.05, 0) is 79.3 Å². The summed E-state index contributed by atoms with van der Waals surface area (Å²) in [6, 6.07) is 13.3. The summed E-state index contributed by atoms with van der Waals surface area (Å²) in [5.41, 5.74) is 4.74. The lowest BCUT2D eigenvalue weighted by Gasteiger charge is -2.23. The summed E-state index contributed by atoms with van der Waals surface area (Å²) >= 11 is 0. The number of hydrogen-bond acceptors (Lipinski definition) is 4. The highest BCUT2D eigenvalue weighted by molar-refractivity contribution is 5.91. The fourth-order valence-corrected chi connectivity index (χ4v) is 6.32. The van der Waals surface area contributed by atoms with Gasteiger partial charge in [0.05, 0.1) is 6.42 Å². The Balaban J connectivity index is 1.32. The second kappa shape index (κ2) is 13.4. The number of nitrogens with zero attached hydrogens (tertiary/aromatic N) is 1. The summed E-state index contributed by atoms with van der Waals surface area (Å²) in [4.78, 5) is 40.1. The third-order valence-electron chi connectivity index (χ3n) is 8.39. The van der Waals surface area contributed by atoms with Crippen LogP contribution in [-0.2, 0) is 40.2 Å². The summed E-state index contributed by atoms with van der Waals surface area (Å²) in [5.74, 6) is -0.742. The highest BCUT2D eigenvalue weighted by atomic mass is 16.5. The quantitative estimate of drug-likeness (QED) is 0.296. The Morgan fingerprint density at radius 3 is 2.66 bits per heavy atom. The third kappa shape index (κ3) is 7.38. The molecule has 7 nitrogen and oxygen atoms in total. The van der Waals surface area contributed by atoms with Crippen LogP contribution in [0, 0.1) is 11.8 Å². The van der Waals surface area contributed by atoms with Crippen LogP contribution < -0.4 is 15.4 Å². The first kappa shape index (κ1) is 28.9. The van der Waals surface area contributed by atoms with E-state index in [4.69, 9.17) is 4.74 Å². The van der Waals surface area contributed by atoms with Crippen molar-refractivity contribution >= 4 is 28.7 Å². The zero-order chi connectivity index (χ0) is 28.8. The molecule has 2 aliphatic rings. The van der Waals surface area contributed by atoms with Gasteiger partial charge in [-0.15, -0.1) is 0 Å². The van der Waals surface area contributed by atoms with E-state index in [0.717, 1.165) is 68.0 Å². The smallest absolute Gasteiger partial charge is 0.311 e. The van der Waals surface area contributed by atoms with E-state index in [0.29, 0.717) is 25.1 Å². The number of aromatic nitrogens is 1. The molecule has 218 valence electrons. The molecule has 5 rings (SSSR count). The predicted molar refractivity (Wildman–Crippen MR) is 161 cm³/mol.